The minimum Gasteiger partial charge on any atom is -0.497 e. The Morgan fingerprint density at radius 1 is 1.38 bits per heavy atom. The Balaban J connectivity index is 1.86. The third-order valence-electron chi connectivity index (χ3n) is 3.19. The number of pyridine rings is 1. The maximum Gasteiger partial charge on any atom is 0.167 e. The first-order chi connectivity index (χ1) is 10.3. The number of nitrogens with zero attached hydrogens (tertiary/aromatic N) is 2. The molecule has 3 rings (SSSR count). The molecular weight excluding hydrogens is 284 g/mol. The Kier molecular flexibility index (Phi) is 4.08. The molecule has 1 aromatic carbocycles. The largest absolute Gasteiger partial charge is 0.497 e. The molecule has 0 saturated carbocycles. The summed E-state index contributed by atoms with van der Waals surface area (Å²) in [5.41, 5.74) is 8.86. The highest BCUT2D eigenvalue weighted by Crippen LogP contribution is 2.33. The van der Waals surface area contributed by atoms with Gasteiger partial charge in [-0.1, -0.05) is 17.8 Å². The molecular formula is C15H16N4OS. The van der Waals surface area contributed by atoms with Crippen molar-refractivity contribution in [3.8, 4) is 5.75 Å². The first kappa shape index (κ1) is 13.9. The second kappa shape index (κ2) is 6.15. The van der Waals surface area contributed by atoms with Gasteiger partial charge in [0, 0.05) is 25.0 Å². The van der Waals surface area contributed by atoms with Gasteiger partial charge in [0.25, 0.3) is 0 Å². The van der Waals surface area contributed by atoms with Crippen molar-refractivity contribution in [2.75, 3.05) is 13.7 Å². The number of aromatic nitrogens is 3. The number of ether oxygens (including phenoxy) is 1. The number of benzene rings is 1. The van der Waals surface area contributed by atoms with Gasteiger partial charge in [-0.05, 0) is 23.8 Å². The SMILES string of the molecule is COc1ccc2nc(SC(CN)c3cccnc3)[nH]c2c1. The zero-order valence-corrected chi connectivity index (χ0v) is 12.4. The van der Waals surface area contributed by atoms with Gasteiger partial charge >= 0.3 is 0 Å². The molecule has 3 aromatic rings. The number of methoxy groups -OCH3 is 1. The van der Waals surface area contributed by atoms with E-state index in [9.17, 15) is 0 Å². The van der Waals surface area contributed by atoms with E-state index in [0.29, 0.717) is 6.54 Å². The van der Waals surface area contributed by atoms with Crippen LogP contribution in [0, 0.1) is 0 Å². The van der Waals surface area contributed by atoms with Gasteiger partial charge < -0.3 is 15.5 Å². The Hall–Kier alpha value is -2.05. The minimum absolute atomic E-state index is 0.126. The summed E-state index contributed by atoms with van der Waals surface area (Å²) in [6.45, 7) is 0.525. The molecule has 1 unspecified atom stereocenters. The van der Waals surface area contributed by atoms with Crippen LogP contribution in [-0.4, -0.2) is 28.6 Å². The summed E-state index contributed by atoms with van der Waals surface area (Å²) in [6, 6.07) is 9.73. The van der Waals surface area contributed by atoms with Crippen LogP contribution in [0.1, 0.15) is 10.8 Å². The summed E-state index contributed by atoms with van der Waals surface area (Å²) in [4.78, 5) is 12.0. The Bertz CT molecular complexity index is 729. The molecule has 0 aliphatic heterocycles. The zero-order valence-electron chi connectivity index (χ0n) is 11.6. The molecule has 21 heavy (non-hydrogen) atoms. The molecule has 0 bridgehead atoms. The van der Waals surface area contributed by atoms with E-state index in [2.05, 4.69) is 15.0 Å². The van der Waals surface area contributed by atoms with Gasteiger partial charge in [0.15, 0.2) is 5.16 Å². The van der Waals surface area contributed by atoms with Gasteiger partial charge in [-0.3, -0.25) is 4.98 Å². The topological polar surface area (TPSA) is 76.8 Å². The van der Waals surface area contributed by atoms with Crippen LogP contribution in [0.3, 0.4) is 0 Å². The van der Waals surface area contributed by atoms with Gasteiger partial charge in [0.05, 0.1) is 23.4 Å². The van der Waals surface area contributed by atoms with E-state index in [1.165, 1.54) is 0 Å². The quantitative estimate of drug-likeness (QED) is 0.709. The third-order valence-corrected chi connectivity index (χ3v) is 4.36. The standard InChI is InChI=1S/C15H16N4OS/c1-20-11-4-5-12-13(7-11)19-15(18-12)21-14(8-16)10-3-2-6-17-9-10/h2-7,9,14H,8,16H2,1H3,(H,18,19). The fraction of sp³-hybridized carbons (Fsp3) is 0.200. The van der Waals surface area contributed by atoms with Crippen LogP contribution in [0.5, 0.6) is 5.75 Å². The monoisotopic (exact) mass is 300 g/mol. The van der Waals surface area contributed by atoms with Crippen molar-refractivity contribution in [1.82, 2.24) is 15.0 Å². The molecule has 2 heterocycles. The third kappa shape index (κ3) is 3.01. The highest BCUT2D eigenvalue weighted by molar-refractivity contribution is 7.99. The van der Waals surface area contributed by atoms with Crippen molar-refractivity contribution in [2.45, 2.75) is 10.4 Å². The maximum absolute atomic E-state index is 5.88. The predicted molar refractivity (Wildman–Crippen MR) is 84.5 cm³/mol. The summed E-state index contributed by atoms with van der Waals surface area (Å²) in [5.74, 6) is 0.810. The van der Waals surface area contributed by atoms with E-state index in [-0.39, 0.29) is 5.25 Å². The van der Waals surface area contributed by atoms with E-state index in [1.807, 2.05) is 36.5 Å². The molecule has 0 spiro atoms. The lowest BCUT2D eigenvalue weighted by atomic mass is 10.2. The van der Waals surface area contributed by atoms with Crippen LogP contribution in [0.2, 0.25) is 0 Å². The van der Waals surface area contributed by atoms with Crippen molar-refractivity contribution in [2.24, 2.45) is 5.73 Å². The van der Waals surface area contributed by atoms with Gasteiger partial charge in [0.1, 0.15) is 5.75 Å². The molecule has 108 valence electrons. The molecule has 0 saturated heterocycles. The molecule has 0 fully saturated rings. The summed E-state index contributed by atoms with van der Waals surface area (Å²) in [6.07, 6.45) is 3.60. The highest BCUT2D eigenvalue weighted by Gasteiger charge is 2.14. The predicted octanol–water partition coefficient (Wildman–Crippen LogP) is 2.76. The summed E-state index contributed by atoms with van der Waals surface area (Å²) in [7, 11) is 1.65. The molecule has 6 heteroatoms. The van der Waals surface area contributed by atoms with Crippen LogP contribution in [0.15, 0.2) is 47.9 Å². The smallest absolute Gasteiger partial charge is 0.167 e. The van der Waals surface area contributed by atoms with Crippen molar-refractivity contribution >= 4 is 22.8 Å². The summed E-state index contributed by atoms with van der Waals surface area (Å²) < 4.78 is 5.22. The van der Waals surface area contributed by atoms with E-state index < -0.39 is 0 Å². The second-order valence-electron chi connectivity index (χ2n) is 4.55. The molecule has 0 radical (unpaired) electrons. The minimum atomic E-state index is 0.126. The summed E-state index contributed by atoms with van der Waals surface area (Å²) >= 11 is 1.61. The van der Waals surface area contributed by atoms with Crippen molar-refractivity contribution in [3.05, 3.63) is 48.3 Å². The molecule has 0 aliphatic rings. The van der Waals surface area contributed by atoms with Crippen LogP contribution < -0.4 is 10.5 Å². The molecule has 3 N–H and O–H groups in total. The van der Waals surface area contributed by atoms with Gasteiger partial charge in [-0.25, -0.2) is 4.98 Å². The second-order valence-corrected chi connectivity index (χ2v) is 5.75. The van der Waals surface area contributed by atoms with Crippen LogP contribution >= 0.6 is 11.8 Å². The number of H-pyrrole nitrogens is 1. The number of rotatable bonds is 5. The number of aromatic amines is 1. The summed E-state index contributed by atoms with van der Waals surface area (Å²) in [5, 5.41) is 0.971. The molecule has 2 aromatic heterocycles. The van der Waals surface area contributed by atoms with Gasteiger partial charge in [-0.2, -0.15) is 0 Å². The first-order valence-corrected chi connectivity index (χ1v) is 7.48. The highest BCUT2D eigenvalue weighted by atomic mass is 32.2. The average molecular weight is 300 g/mol. The van der Waals surface area contributed by atoms with Crippen molar-refractivity contribution in [3.63, 3.8) is 0 Å². The van der Waals surface area contributed by atoms with Gasteiger partial charge in [0.2, 0.25) is 0 Å². The van der Waals surface area contributed by atoms with Crippen LogP contribution in [-0.2, 0) is 0 Å². The fourth-order valence-electron chi connectivity index (χ4n) is 2.10. The lowest BCUT2D eigenvalue weighted by Gasteiger charge is -2.12. The van der Waals surface area contributed by atoms with Crippen LogP contribution in [0.25, 0.3) is 11.0 Å². The molecule has 5 nitrogen and oxygen atoms in total. The molecule has 1 atom stereocenters. The normalized spacial score (nSPS) is 12.5. The van der Waals surface area contributed by atoms with Crippen molar-refractivity contribution in [1.29, 1.82) is 0 Å². The Labute approximate surface area is 126 Å². The number of nitrogens with two attached hydrogens (primary N) is 1. The van der Waals surface area contributed by atoms with Gasteiger partial charge in [-0.15, -0.1) is 0 Å². The number of fused-ring (bicyclic) bond motifs is 1. The van der Waals surface area contributed by atoms with E-state index in [4.69, 9.17) is 10.5 Å². The molecule has 0 aliphatic carbocycles. The maximum atomic E-state index is 5.88. The zero-order chi connectivity index (χ0) is 14.7. The van der Waals surface area contributed by atoms with E-state index in [1.54, 1.807) is 25.1 Å². The Morgan fingerprint density at radius 3 is 3.00 bits per heavy atom. The number of nitrogens with one attached hydrogen (secondary N) is 1. The average Bonchev–Trinajstić information content (AvgIpc) is 2.94. The number of hydrogen-bond acceptors (Lipinski definition) is 5. The fourth-order valence-corrected chi connectivity index (χ4v) is 3.06. The van der Waals surface area contributed by atoms with Crippen molar-refractivity contribution < 1.29 is 4.74 Å². The molecule has 0 amide bonds. The van der Waals surface area contributed by atoms with Crippen LogP contribution in [0.4, 0.5) is 0 Å². The van der Waals surface area contributed by atoms with E-state index >= 15 is 0 Å². The lowest BCUT2D eigenvalue weighted by molar-refractivity contribution is 0.415. The first-order valence-electron chi connectivity index (χ1n) is 6.60. The lowest BCUT2D eigenvalue weighted by Crippen LogP contribution is -2.09. The number of thioether (sulfide) groups is 1. The van der Waals surface area contributed by atoms with E-state index in [0.717, 1.165) is 27.5 Å². The number of imidazole rings is 1. The number of hydrogen-bond donors (Lipinski definition) is 2. The Morgan fingerprint density at radius 2 is 2.29 bits per heavy atom.